The van der Waals surface area contributed by atoms with Crippen molar-refractivity contribution < 1.29 is 9.50 Å². The SMILES string of the molecule is Cn1ncnc1CC(O)c1cc(F)ccc1Br. The lowest BCUT2D eigenvalue weighted by Crippen LogP contribution is -2.08. The molecule has 1 unspecified atom stereocenters. The Kier molecular flexibility index (Phi) is 3.54. The van der Waals surface area contributed by atoms with E-state index in [1.807, 2.05) is 0 Å². The van der Waals surface area contributed by atoms with Crippen LogP contribution in [0.15, 0.2) is 29.0 Å². The first-order valence-corrected chi connectivity index (χ1v) is 5.83. The van der Waals surface area contributed by atoms with Gasteiger partial charge in [-0.15, -0.1) is 0 Å². The van der Waals surface area contributed by atoms with Gasteiger partial charge in [-0.25, -0.2) is 9.37 Å². The van der Waals surface area contributed by atoms with E-state index in [9.17, 15) is 9.50 Å². The summed E-state index contributed by atoms with van der Waals surface area (Å²) in [5.41, 5.74) is 0.507. The topological polar surface area (TPSA) is 50.9 Å². The quantitative estimate of drug-likeness (QED) is 0.943. The molecule has 2 rings (SSSR count). The van der Waals surface area contributed by atoms with Crippen LogP contribution < -0.4 is 0 Å². The van der Waals surface area contributed by atoms with E-state index in [-0.39, 0.29) is 5.82 Å². The average Bonchev–Trinajstić information content (AvgIpc) is 2.68. The summed E-state index contributed by atoms with van der Waals surface area (Å²) in [4.78, 5) is 4.02. The molecule has 0 aliphatic carbocycles. The van der Waals surface area contributed by atoms with Gasteiger partial charge in [-0.05, 0) is 23.8 Å². The summed E-state index contributed by atoms with van der Waals surface area (Å²) in [5.74, 6) is 0.272. The molecule has 0 aliphatic heterocycles. The van der Waals surface area contributed by atoms with Crippen molar-refractivity contribution in [1.82, 2.24) is 14.8 Å². The molecular formula is C11H11BrFN3O. The van der Waals surface area contributed by atoms with Crippen molar-refractivity contribution in [3.8, 4) is 0 Å². The van der Waals surface area contributed by atoms with Crippen molar-refractivity contribution in [2.24, 2.45) is 7.05 Å². The van der Waals surface area contributed by atoms with E-state index in [0.717, 1.165) is 0 Å². The zero-order valence-electron chi connectivity index (χ0n) is 9.14. The molecule has 0 spiro atoms. The van der Waals surface area contributed by atoms with Gasteiger partial charge in [0.25, 0.3) is 0 Å². The summed E-state index contributed by atoms with van der Waals surface area (Å²) in [7, 11) is 1.75. The fraction of sp³-hybridized carbons (Fsp3) is 0.273. The van der Waals surface area contributed by atoms with E-state index in [4.69, 9.17) is 0 Å². The van der Waals surface area contributed by atoms with Crippen molar-refractivity contribution in [2.75, 3.05) is 0 Å². The van der Waals surface area contributed by atoms with Crippen LogP contribution in [0.25, 0.3) is 0 Å². The predicted molar refractivity (Wildman–Crippen MR) is 63.8 cm³/mol. The third-order valence-electron chi connectivity index (χ3n) is 2.50. The zero-order valence-corrected chi connectivity index (χ0v) is 10.7. The van der Waals surface area contributed by atoms with Crippen molar-refractivity contribution in [3.63, 3.8) is 0 Å². The van der Waals surface area contributed by atoms with Gasteiger partial charge in [-0.2, -0.15) is 5.10 Å². The van der Waals surface area contributed by atoms with E-state index in [1.165, 1.54) is 18.5 Å². The number of rotatable bonds is 3. The number of aromatic nitrogens is 3. The van der Waals surface area contributed by atoms with Crippen molar-refractivity contribution in [3.05, 3.63) is 46.2 Å². The van der Waals surface area contributed by atoms with Crippen molar-refractivity contribution >= 4 is 15.9 Å². The highest BCUT2D eigenvalue weighted by molar-refractivity contribution is 9.10. The normalized spacial score (nSPS) is 12.7. The fourth-order valence-electron chi connectivity index (χ4n) is 1.56. The molecule has 0 amide bonds. The molecule has 0 bridgehead atoms. The largest absolute Gasteiger partial charge is 0.388 e. The lowest BCUT2D eigenvalue weighted by molar-refractivity contribution is 0.173. The second-order valence-corrected chi connectivity index (χ2v) is 4.54. The minimum Gasteiger partial charge on any atom is -0.388 e. The van der Waals surface area contributed by atoms with Crippen LogP contribution in [0.3, 0.4) is 0 Å². The smallest absolute Gasteiger partial charge is 0.138 e. The maximum Gasteiger partial charge on any atom is 0.138 e. The summed E-state index contributed by atoms with van der Waals surface area (Å²) in [6, 6.07) is 4.22. The highest BCUT2D eigenvalue weighted by Gasteiger charge is 2.15. The second-order valence-electron chi connectivity index (χ2n) is 3.69. The van der Waals surface area contributed by atoms with E-state index in [0.29, 0.717) is 22.3 Å². The molecular weight excluding hydrogens is 289 g/mol. The predicted octanol–water partition coefficient (Wildman–Crippen LogP) is 1.99. The number of halogens is 2. The first-order valence-electron chi connectivity index (χ1n) is 5.04. The van der Waals surface area contributed by atoms with E-state index < -0.39 is 6.10 Å². The Labute approximate surface area is 106 Å². The standard InChI is InChI=1S/C11H11BrFN3O/c1-16-11(14-6-15-16)5-10(17)8-4-7(13)2-3-9(8)12/h2-4,6,10,17H,5H2,1H3. The van der Waals surface area contributed by atoms with Crippen molar-refractivity contribution in [2.45, 2.75) is 12.5 Å². The first kappa shape index (κ1) is 12.2. The number of nitrogens with zero attached hydrogens (tertiary/aromatic N) is 3. The second kappa shape index (κ2) is 4.93. The zero-order chi connectivity index (χ0) is 12.4. The van der Waals surface area contributed by atoms with Crippen LogP contribution in [0.5, 0.6) is 0 Å². The van der Waals surface area contributed by atoms with Crippen LogP contribution in [0.2, 0.25) is 0 Å². The summed E-state index contributed by atoms with van der Waals surface area (Å²) < 4.78 is 15.4. The molecule has 6 heteroatoms. The van der Waals surface area contributed by atoms with Crippen LogP contribution in [-0.2, 0) is 13.5 Å². The number of hydrogen-bond acceptors (Lipinski definition) is 3. The minimum absolute atomic E-state index is 0.290. The molecule has 0 saturated carbocycles. The van der Waals surface area contributed by atoms with Gasteiger partial charge in [0.05, 0.1) is 6.10 Å². The Morgan fingerprint density at radius 3 is 2.94 bits per heavy atom. The highest BCUT2D eigenvalue weighted by atomic mass is 79.9. The van der Waals surface area contributed by atoms with Crippen molar-refractivity contribution in [1.29, 1.82) is 0 Å². The maximum absolute atomic E-state index is 13.1. The third-order valence-corrected chi connectivity index (χ3v) is 3.22. The molecule has 0 saturated heterocycles. The van der Waals surface area contributed by atoms with Crippen LogP contribution in [0, 0.1) is 5.82 Å². The summed E-state index contributed by atoms with van der Waals surface area (Å²) in [5, 5.41) is 14.0. The van der Waals surface area contributed by atoms with E-state index >= 15 is 0 Å². The number of hydrogen-bond donors (Lipinski definition) is 1. The van der Waals surface area contributed by atoms with Gasteiger partial charge in [0.15, 0.2) is 0 Å². The molecule has 1 heterocycles. The molecule has 1 aromatic carbocycles. The molecule has 2 aromatic rings. The summed E-state index contributed by atoms with van der Waals surface area (Å²) in [6.45, 7) is 0. The third kappa shape index (κ3) is 2.70. The fourth-order valence-corrected chi connectivity index (χ4v) is 2.07. The first-order chi connectivity index (χ1) is 8.08. The minimum atomic E-state index is -0.817. The van der Waals surface area contributed by atoms with Gasteiger partial charge in [0, 0.05) is 17.9 Å². The van der Waals surface area contributed by atoms with Gasteiger partial charge >= 0.3 is 0 Å². The number of aliphatic hydroxyl groups excluding tert-OH is 1. The van der Waals surface area contributed by atoms with Gasteiger partial charge in [0.2, 0.25) is 0 Å². The molecule has 1 atom stereocenters. The summed E-state index contributed by atoms with van der Waals surface area (Å²) in [6.07, 6.45) is 0.893. The lowest BCUT2D eigenvalue weighted by Gasteiger charge is -2.12. The molecule has 0 aliphatic rings. The summed E-state index contributed by atoms with van der Waals surface area (Å²) >= 11 is 3.28. The van der Waals surface area contributed by atoms with Crippen LogP contribution >= 0.6 is 15.9 Å². The van der Waals surface area contributed by atoms with Gasteiger partial charge in [-0.1, -0.05) is 15.9 Å². The molecule has 4 nitrogen and oxygen atoms in total. The Hall–Kier alpha value is -1.27. The maximum atomic E-state index is 13.1. The molecule has 17 heavy (non-hydrogen) atoms. The Morgan fingerprint density at radius 2 is 2.29 bits per heavy atom. The Bertz CT molecular complexity index is 529. The highest BCUT2D eigenvalue weighted by Crippen LogP contribution is 2.26. The Balaban J connectivity index is 2.23. The molecule has 0 fully saturated rings. The van der Waals surface area contributed by atoms with Crippen LogP contribution in [0.4, 0.5) is 4.39 Å². The average molecular weight is 300 g/mol. The van der Waals surface area contributed by atoms with E-state index in [2.05, 4.69) is 26.0 Å². The number of aryl methyl sites for hydroxylation is 1. The van der Waals surface area contributed by atoms with Gasteiger partial charge in [-0.3, -0.25) is 4.68 Å². The number of aliphatic hydroxyl groups is 1. The van der Waals surface area contributed by atoms with Crippen LogP contribution in [-0.4, -0.2) is 19.9 Å². The van der Waals surface area contributed by atoms with Gasteiger partial charge in [0.1, 0.15) is 18.0 Å². The van der Waals surface area contributed by atoms with E-state index in [1.54, 1.807) is 17.8 Å². The molecule has 1 aromatic heterocycles. The Morgan fingerprint density at radius 1 is 1.53 bits per heavy atom. The van der Waals surface area contributed by atoms with Gasteiger partial charge < -0.3 is 5.11 Å². The lowest BCUT2D eigenvalue weighted by atomic mass is 10.1. The van der Waals surface area contributed by atoms with Crippen LogP contribution in [0.1, 0.15) is 17.5 Å². The number of benzene rings is 1. The molecule has 0 radical (unpaired) electrons. The molecule has 90 valence electrons. The molecule has 1 N–H and O–H groups in total. The monoisotopic (exact) mass is 299 g/mol.